The van der Waals surface area contributed by atoms with Gasteiger partial charge in [0.05, 0.1) is 0 Å². The number of nitrogens with zero attached hydrogens (tertiary/aromatic N) is 1. The highest BCUT2D eigenvalue weighted by molar-refractivity contribution is 5.99. The second-order valence-corrected chi connectivity index (χ2v) is 4.25. The summed E-state index contributed by atoms with van der Waals surface area (Å²) in [6.07, 6.45) is 0. The average molecular weight is 267 g/mol. The van der Waals surface area contributed by atoms with Crippen LogP contribution in [-0.2, 0) is 4.79 Å². The van der Waals surface area contributed by atoms with Crippen LogP contribution < -0.4 is 11.1 Å². The molecule has 4 N–H and O–H groups in total. The van der Waals surface area contributed by atoms with Gasteiger partial charge in [-0.15, -0.1) is 0 Å². The van der Waals surface area contributed by atoms with E-state index in [1.807, 2.05) is 0 Å². The van der Waals surface area contributed by atoms with Crippen molar-refractivity contribution in [3.05, 3.63) is 29.6 Å². The van der Waals surface area contributed by atoms with Gasteiger partial charge in [0.15, 0.2) is 0 Å². The van der Waals surface area contributed by atoms with Gasteiger partial charge in [-0.2, -0.15) is 0 Å². The number of rotatable bonds is 2. The van der Waals surface area contributed by atoms with Crippen molar-refractivity contribution in [2.24, 2.45) is 5.73 Å². The van der Waals surface area contributed by atoms with Crippen LogP contribution in [0, 0.1) is 5.82 Å². The molecule has 6 nitrogen and oxygen atoms in total. The number of halogens is 1. The lowest BCUT2D eigenvalue weighted by atomic mass is 10.1. The second kappa shape index (κ2) is 5.23. The quantitative estimate of drug-likeness (QED) is 0.668. The zero-order valence-electron chi connectivity index (χ0n) is 10.1. The fraction of sp³-hybridized carbons (Fsp3) is 0.333. The van der Waals surface area contributed by atoms with E-state index >= 15 is 0 Å². The highest BCUT2D eigenvalue weighted by Gasteiger charge is 2.33. The molecule has 1 atom stereocenters. The highest BCUT2D eigenvalue weighted by atomic mass is 19.1. The predicted octanol–water partition coefficient (Wildman–Crippen LogP) is -0.569. The highest BCUT2D eigenvalue weighted by Crippen LogP contribution is 2.23. The first-order chi connectivity index (χ1) is 9.02. The Morgan fingerprint density at radius 2 is 2.21 bits per heavy atom. The maximum atomic E-state index is 13.6. The Kier molecular flexibility index (Phi) is 3.66. The molecule has 1 unspecified atom stereocenters. The summed E-state index contributed by atoms with van der Waals surface area (Å²) < 4.78 is 13.6. The van der Waals surface area contributed by atoms with Crippen LogP contribution in [0.1, 0.15) is 10.4 Å². The molecule has 1 aromatic rings. The van der Waals surface area contributed by atoms with Gasteiger partial charge in [0.2, 0.25) is 5.91 Å². The lowest BCUT2D eigenvalue weighted by Crippen LogP contribution is -2.58. The van der Waals surface area contributed by atoms with Gasteiger partial charge in [-0.25, -0.2) is 4.39 Å². The SMILES string of the molecule is NC(=O)C1CNCCN1C(=O)c1c(O)cccc1F. The number of amides is 2. The molecule has 0 saturated carbocycles. The number of nitrogens with one attached hydrogen (secondary N) is 1. The number of primary amides is 1. The van der Waals surface area contributed by atoms with Crippen molar-refractivity contribution in [3.63, 3.8) is 0 Å². The van der Waals surface area contributed by atoms with Gasteiger partial charge >= 0.3 is 0 Å². The molecule has 1 heterocycles. The minimum atomic E-state index is -0.847. The fourth-order valence-electron chi connectivity index (χ4n) is 2.07. The Morgan fingerprint density at radius 1 is 1.47 bits per heavy atom. The summed E-state index contributed by atoms with van der Waals surface area (Å²) in [6, 6.07) is 2.75. The number of benzene rings is 1. The molecule has 0 bridgehead atoms. The summed E-state index contributed by atoms with van der Waals surface area (Å²) in [4.78, 5) is 24.7. The molecule has 1 aliphatic rings. The summed E-state index contributed by atoms with van der Waals surface area (Å²) in [5.41, 5.74) is 4.79. The minimum absolute atomic E-state index is 0.219. The smallest absolute Gasteiger partial charge is 0.261 e. The Bertz CT molecular complexity index is 501. The van der Waals surface area contributed by atoms with E-state index in [1.54, 1.807) is 0 Å². The molecule has 102 valence electrons. The van der Waals surface area contributed by atoms with E-state index in [2.05, 4.69) is 5.32 Å². The molecule has 0 aliphatic carbocycles. The van der Waals surface area contributed by atoms with Gasteiger partial charge in [-0.05, 0) is 12.1 Å². The average Bonchev–Trinajstić information content (AvgIpc) is 2.38. The number of nitrogens with two attached hydrogens (primary N) is 1. The van der Waals surface area contributed by atoms with Gasteiger partial charge < -0.3 is 21.1 Å². The van der Waals surface area contributed by atoms with E-state index in [0.717, 1.165) is 6.07 Å². The van der Waals surface area contributed by atoms with E-state index in [-0.39, 0.29) is 13.1 Å². The van der Waals surface area contributed by atoms with Crippen molar-refractivity contribution in [1.29, 1.82) is 0 Å². The van der Waals surface area contributed by atoms with E-state index in [1.165, 1.54) is 17.0 Å². The van der Waals surface area contributed by atoms with Gasteiger partial charge in [0.25, 0.3) is 5.91 Å². The van der Waals surface area contributed by atoms with E-state index in [9.17, 15) is 19.1 Å². The third kappa shape index (κ3) is 2.50. The monoisotopic (exact) mass is 267 g/mol. The first kappa shape index (κ1) is 13.3. The maximum Gasteiger partial charge on any atom is 0.261 e. The molecule has 1 aliphatic heterocycles. The first-order valence-electron chi connectivity index (χ1n) is 5.81. The maximum absolute atomic E-state index is 13.6. The van der Waals surface area contributed by atoms with Crippen molar-refractivity contribution < 1.29 is 19.1 Å². The molecule has 1 fully saturated rings. The molecule has 1 saturated heterocycles. The van der Waals surface area contributed by atoms with Crippen LogP contribution >= 0.6 is 0 Å². The van der Waals surface area contributed by atoms with Crippen LogP contribution in [0.15, 0.2) is 18.2 Å². The molecular weight excluding hydrogens is 253 g/mol. The fourth-order valence-corrected chi connectivity index (χ4v) is 2.07. The number of carbonyl (C=O) groups is 2. The van der Waals surface area contributed by atoms with Crippen molar-refractivity contribution in [2.45, 2.75) is 6.04 Å². The number of hydrogen-bond donors (Lipinski definition) is 3. The van der Waals surface area contributed by atoms with Crippen LogP contribution in [0.2, 0.25) is 0 Å². The number of hydrogen-bond acceptors (Lipinski definition) is 4. The first-order valence-corrected chi connectivity index (χ1v) is 5.81. The molecule has 19 heavy (non-hydrogen) atoms. The minimum Gasteiger partial charge on any atom is -0.507 e. The number of aromatic hydroxyl groups is 1. The van der Waals surface area contributed by atoms with Crippen LogP contribution in [0.3, 0.4) is 0 Å². The molecule has 2 amide bonds. The third-order valence-electron chi connectivity index (χ3n) is 3.04. The normalized spacial score (nSPS) is 19.2. The molecule has 0 aromatic heterocycles. The van der Waals surface area contributed by atoms with Crippen LogP contribution in [-0.4, -0.2) is 47.5 Å². The van der Waals surface area contributed by atoms with Gasteiger partial charge in [-0.1, -0.05) is 6.07 Å². The lowest BCUT2D eigenvalue weighted by molar-refractivity contribution is -0.122. The predicted molar refractivity (Wildman–Crippen MR) is 65.0 cm³/mol. The van der Waals surface area contributed by atoms with Gasteiger partial charge in [0, 0.05) is 19.6 Å². The van der Waals surface area contributed by atoms with Crippen molar-refractivity contribution >= 4 is 11.8 Å². The van der Waals surface area contributed by atoms with Crippen molar-refractivity contribution in [2.75, 3.05) is 19.6 Å². The molecule has 0 spiro atoms. The Labute approximate surface area is 109 Å². The Hall–Kier alpha value is -2.15. The van der Waals surface area contributed by atoms with E-state index in [4.69, 9.17) is 5.73 Å². The summed E-state index contributed by atoms with van der Waals surface area (Å²) >= 11 is 0. The molecule has 2 rings (SSSR count). The van der Waals surface area contributed by atoms with Gasteiger partial charge in [0.1, 0.15) is 23.2 Å². The standard InChI is InChI=1S/C12H14FN3O3/c13-7-2-1-3-9(17)10(7)12(19)16-5-4-15-6-8(16)11(14)18/h1-3,8,15,17H,4-6H2,(H2,14,18). The molecule has 1 aromatic carbocycles. The van der Waals surface area contributed by atoms with E-state index < -0.39 is 35.0 Å². The second-order valence-electron chi connectivity index (χ2n) is 4.25. The summed E-state index contributed by atoms with van der Waals surface area (Å²) in [5, 5.41) is 12.5. The van der Waals surface area contributed by atoms with Crippen molar-refractivity contribution in [1.82, 2.24) is 10.2 Å². The number of carbonyl (C=O) groups excluding carboxylic acids is 2. The number of phenols is 1. The lowest BCUT2D eigenvalue weighted by Gasteiger charge is -2.34. The van der Waals surface area contributed by atoms with Crippen LogP contribution in [0.25, 0.3) is 0 Å². The van der Waals surface area contributed by atoms with E-state index in [0.29, 0.717) is 6.54 Å². The topological polar surface area (TPSA) is 95.7 Å². The Morgan fingerprint density at radius 3 is 2.84 bits per heavy atom. The Balaban J connectivity index is 2.34. The zero-order chi connectivity index (χ0) is 14.0. The van der Waals surface area contributed by atoms with Gasteiger partial charge in [-0.3, -0.25) is 9.59 Å². The zero-order valence-corrected chi connectivity index (χ0v) is 10.1. The largest absolute Gasteiger partial charge is 0.507 e. The van der Waals surface area contributed by atoms with Crippen molar-refractivity contribution in [3.8, 4) is 5.75 Å². The number of piperazine rings is 1. The number of phenolic OH excluding ortho intramolecular Hbond substituents is 1. The summed E-state index contributed by atoms with van der Waals surface area (Å²) in [5.74, 6) is -2.68. The van der Waals surface area contributed by atoms with Crippen LogP contribution in [0.4, 0.5) is 4.39 Å². The molecule has 0 radical (unpaired) electrons. The summed E-state index contributed by atoms with van der Waals surface area (Å²) in [6.45, 7) is 0.918. The molecule has 7 heteroatoms. The summed E-state index contributed by atoms with van der Waals surface area (Å²) in [7, 11) is 0. The molecular formula is C12H14FN3O3. The third-order valence-corrected chi connectivity index (χ3v) is 3.04. The van der Waals surface area contributed by atoms with Crippen LogP contribution in [0.5, 0.6) is 5.75 Å².